The summed E-state index contributed by atoms with van der Waals surface area (Å²) < 4.78 is 79.7. The topological polar surface area (TPSA) is 534 Å². The first kappa shape index (κ1) is 63.8. The van der Waals surface area contributed by atoms with Crippen LogP contribution >= 0.6 is 9.86 Å². The molecule has 21 saturated heterocycles. The molecule has 14 bridgehead atoms. The Morgan fingerprint density at radius 3 is 0.538 bits per heavy atom. The Morgan fingerprint density at radius 2 is 0.372 bits per heavy atom. The molecule has 0 aromatic heterocycles. The summed E-state index contributed by atoms with van der Waals surface area (Å²) in [6.07, 6.45) is -65.6. The first-order chi connectivity index (χ1) is 37.2. The van der Waals surface area contributed by atoms with Crippen molar-refractivity contribution in [1.29, 1.82) is 0 Å². The number of rotatable bonds is 8. The summed E-state index contributed by atoms with van der Waals surface area (Å²) in [5, 5.41) is 221. The fourth-order valence-corrected chi connectivity index (χ4v) is 13.5. The van der Waals surface area contributed by atoms with E-state index in [-0.39, 0.29) is 0 Å². The van der Waals surface area contributed by atoms with Crippen molar-refractivity contribution in [3.05, 3.63) is 0 Å². The first-order valence-corrected chi connectivity index (χ1v) is 29.6. The van der Waals surface area contributed by atoms with Crippen LogP contribution < -0.4 is 0 Å². The molecule has 21 aliphatic heterocycles. The maximum absolute atomic E-state index is 11.7. The van der Waals surface area contributed by atoms with Crippen molar-refractivity contribution in [3.63, 3.8) is 0 Å². The first-order valence-electron chi connectivity index (χ1n) is 24.8. The minimum absolute atomic E-state index is 0.942. The van der Waals surface area contributed by atoms with Gasteiger partial charge in [0.1, 0.15) is 54.9 Å². The van der Waals surface area contributed by atoms with Crippen molar-refractivity contribution < 1.29 is 168 Å². The van der Waals surface area contributed by atoms with Gasteiger partial charge in [-0.05, 0) is 0 Å². The van der Waals surface area contributed by atoms with Crippen LogP contribution in [-0.2, 0) is 66.3 Å². The minimum atomic E-state index is -2.20. The number of aliphatic hydroxyl groups is 20. The van der Waals surface area contributed by atoms with E-state index in [1.165, 1.54) is 0 Å². The van der Waals surface area contributed by atoms with Crippen LogP contribution in [0.25, 0.3) is 0 Å². The molecule has 0 saturated carbocycles. The number of thiol groups is 1. The van der Waals surface area contributed by atoms with Crippen molar-refractivity contribution >= 4 is 29.4 Å². The van der Waals surface area contributed by atoms with E-state index in [4.69, 9.17) is 66.3 Å². The molecule has 36 heteroatoms. The van der Waals surface area contributed by atoms with Crippen LogP contribution in [0.3, 0.4) is 0 Å². The van der Waals surface area contributed by atoms with Gasteiger partial charge in [0.05, 0.1) is 19.8 Å². The molecule has 454 valence electrons. The molecule has 21 aliphatic rings. The molecule has 20 N–H and O–H groups in total. The molecule has 21 fully saturated rings. The van der Waals surface area contributed by atoms with Crippen LogP contribution in [0.2, 0.25) is 3.97 Å². The molecule has 0 aromatic rings. The second-order valence-electron chi connectivity index (χ2n) is 19.7. The summed E-state index contributed by atoms with van der Waals surface area (Å²) in [6, 6.07) is 0. The summed E-state index contributed by atoms with van der Waals surface area (Å²) in [4.78, 5) is 0. The Morgan fingerprint density at radius 1 is 0.218 bits per heavy atom. The molecule has 35 atom stereocenters. The van der Waals surface area contributed by atoms with E-state index in [0.29, 0.717) is 0 Å². The van der Waals surface area contributed by atoms with E-state index >= 15 is 0 Å². The second kappa shape index (κ2) is 27.4. The molecule has 0 unspecified atom stereocenters. The molecule has 21 heterocycles. The van der Waals surface area contributed by atoms with Gasteiger partial charge in [-0.25, -0.2) is 0 Å². The molecule has 0 aliphatic carbocycles. The Bertz CT molecular complexity index is 1850. The summed E-state index contributed by atoms with van der Waals surface area (Å²) in [6.45, 7) is -7.04. The van der Waals surface area contributed by atoms with Gasteiger partial charge >= 0.3 is 305 Å². The zero-order chi connectivity index (χ0) is 56.8. The Labute approximate surface area is 455 Å². The predicted octanol–water partition coefficient (Wildman–Crippen LogP) is -14.3. The van der Waals surface area contributed by atoms with Gasteiger partial charge < -0.3 is 64.5 Å². The zero-order valence-electron chi connectivity index (χ0n) is 40.7. The summed E-state index contributed by atoms with van der Waals surface area (Å²) in [5.41, 5.74) is 0. The van der Waals surface area contributed by atoms with E-state index in [0.717, 1.165) is 0 Å². The van der Waals surface area contributed by atoms with E-state index < -0.39 is 279 Å². The van der Waals surface area contributed by atoms with Crippen LogP contribution in [-0.4, -0.2) is 377 Å². The van der Waals surface area contributed by atoms with Gasteiger partial charge in [0, 0.05) is 0 Å². The summed E-state index contributed by atoms with van der Waals surface area (Å²) in [5.74, 6) is 0. The Hall–Kier alpha value is -0.220. The van der Waals surface area contributed by atoms with Crippen molar-refractivity contribution in [2.45, 2.75) is 213 Å². The number of hydrogen-bond donors (Lipinski definition) is 21. The van der Waals surface area contributed by atoms with E-state index in [9.17, 15) is 102 Å². The predicted molar refractivity (Wildman–Crippen MR) is 241 cm³/mol. The minimum Gasteiger partial charge on any atom is -0.394 e. The quantitative estimate of drug-likeness (QED) is 0.0793. The van der Waals surface area contributed by atoms with Crippen LogP contribution in [0.5, 0.6) is 0 Å². The van der Waals surface area contributed by atoms with Crippen LogP contribution in [0.1, 0.15) is 0 Å². The molecule has 34 nitrogen and oxygen atoms in total. The molecular formula is C42H70O34STe. The smallest absolute Gasteiger partial charge is 0.394 e. The normalized spacial score (nSPS) is 54.8. The molecule has 78 heavy (non-hydrogen) atoms. The van der Waals surface area contributed by atoms with Crippen LogP contribution in [0, 0.1) is 0 Å². The number of ether oxygens (including phenoxy) is 14. The van der Waals surface area contributed by atoms with E-state index in [1.807, 2.05) is 0 Å². The zero-order valence-corrected chi connectivity index (χ0v) is 43.9. The third kappa shape index (κ3) is 12.5. The molecule has 0 amide bonds. The fourth-order valence-electron chi connectivity index (χ4n) is 10.5. The molecular weight excluding hydrogens is 1210 g/mol. The van der Waals surface area contributed by atoms with Crippen molar-refractivity contribution in [2.75, 3.05) is 46.2 Å². The third-order valence-electron chi connectivity index (χ3n) is 14.9. The van der Waals surface area contributed by atoms with Gasteiger partial charge in [-0.2, -0.15) is 0 Å². The standard InChI is InChI=1S/C42H70O34STe/c43-1-8-28-15(50)21(56)37(63-8)71-30-10(3-45)65-39(23(58)17(30)52)73-32-12(5-47)67-41(25(60)19(32)54)75-34-14(7-49)69-42(35(78-77)27(34)62)76-33-13(6-48)68-40(26(61)20(33)55)74-31-11(4-46)66-38(24(59)18(31)53)72-29-9(2-44)64-36(70-28)22(57)16(29)51/h8-62,77H,1-7H2/t8-,9-,10-,11-,12-,13-,14-,15-,16-,17-,18-,19-,20-,21-,22-,23-,24-,25-,26-,27+,28-,29-,30-,31-,32-,33-,34-,35-,36-,37-,38-,39-,40-,41-,42-/m1/s1. The average Bonchev–Trinajstić information content (AvgIpc) is 3.44. The Kier molecular flexibility index (Phi) is 22.4. The fraction of sp³-hybridized carbons (Fsp3) is 1.00. The summed E-state index contributed by atoms with van der Waals surface area (Å²) in [7, 11) is 4.42. The van der Waals surface area contributed by atoms with Crippen molar-refractivity contribution in [3.8, 4) is 0 Å². The van der Waals surface area contributed by atoms with E-state index in [2.05, 4.69) is 9.86 Å². The third-order valence-corrected chi connectivity index (χ3v) is 18.6. The number of aliphatic hydroxyl groups excluding tert-OH is 20. The van der Waals surface area contributed by atoms with Gasteiger partial charge in [-0.3, -0.25) is 0 Å². The van der Waals surface area contributed by atoms with Crippen LogP contribution in [0.4, 0.5) is 0 Å². The van der Waals surface area contributed by atoms with E-state index in [1.54, 1.807) is 0 Å². The van der Waals surface area contributed by atoms with Gasteiger partial charge in [0.25, 0.3) is 0 Å². The molecule has 0 spiro atoms. The SMILES string of the molecule is OC[C@H]1O[C@@H]2O[C@H]3[C@H](O)[C@@H](O)[C@@H](O[C@H]4[C@H](O)[C@@H](O)[C@@H](O[C@H]5[C@H](O)[C@@H]([Te]S)[C@@H](O[C@H]6[C@H](O)[C@@H](O)[C@@H](O[C@H]7[C@H](O)[C@@H](O)[C@@H](O[C@H]8[C@H](O)[C@@H](O)[C@@H](O[C@H]1[C@H](O)[C@H]2O)O[C@@H]8CO)O[C@@H]7CO)O[C@@H]6CO)O[C@@H]5CO)O[C@@H]4CO)O[C@@H]3CO. The van der Waals surface area contributed by atoms with Crippen molar-refractivity contribution in [2.24, 2.45) is 0 Å². The maximum atomic E-state index is 11.7. The Balaban J connectivity index is 1.08. The van der Waals surface area contributed by atoms with Gasteiger partial charge in [-0.1, -0.05) is 0 Å². The van der Waals surface area contributed by atoms with Gasteiger partial charge in [0.2, 0.25) is 0 Å². The van der Waals surface area contributed by atoms with Crippen molar-refractivity contribution in [1.82, 2.24) is 0 Å². The summed E-state index contributed by atoms with van der Waals surface area (Å²) >= 11 is -1.73. The number of hydrogen-bond acceptors (Lipinski definition) is 35. The monoisotopic (exact) mass is 1280 g/mol. The van der Waals surface area contributed by atoms with Gasteiger partial charge in [-0.15, -0.1) is 0 Å². The second-order valence-corrected chi connectivity index (χ2v) is 23.3. The molecule has 0 aromatic carbocycles. The van der Waals surface area contributed by atoms with Gasteiger partial charge in [0.15, 0.2) is 12.6 Å². The molecule has 21 rings (SSSR count). The van der Waals surface area contributed by atoms with Crippen LogP contribution in [0.15, 0.2) is 0 Å². The molecule has 0 radical (unpaired) electrons. The average molecular weight is 1280 g/mol.